The van der Waals surface area contributed by atoms with Crippen LogP contribution in [0.2, 0.25) is 0 Å². The quantitative estimate of drug-likeness (QED) is 0.131. The number of hydrogen-bond acceptors (Lipinski definition) is 13. The van der Waals surface area contributed by atoms with Crippen LogP contribution in [0.5, 0.6) is 11.5 Å². The van der Waals surface area contributed by atoms with Crippen LogP contribution in [0.15, 0.2) is 41.7 Å². The molecule has 0 radical (unpaired) electrons. The van der Waals surface area contributed by atoms with Gasteiger partial charge in [-0.05, 0) is 24.6 Å². The monoisotopic (exact) mass is 540 g/mol. The van der Waals surface area contributed by atoms with Crippen molar-refractivity contribution in [3.05, 3.63) is 47.2 Å². The average Bonchev–Trinajstić information content (AvgIpc) is 2.90. The second-order valence-corrected chi connectivity index (χ2v) is 8.71. The highest BCUT2D eigenvalue weighted by Crippen LogP contribution is 2.36. The van der Waals surface area contributed by atoms with Gasteiger partial charge in [-0.1, -0.05) is 12.1 Å². The molecule has 2 aliphatic heterocycles. The van der Waals surface area contributed by atoms with Gasteiger partial charge in [-0.3, -0.25) is 4.79 Å². The summed E-state index contributed by atoms with van der Waals surface area (Å²) in [6, 6.07) is 4.23. The van der Waals surface area contributed by atoms with Crippen molar-refractivity contribution in [3.63, 3.8) is 0 Å². The molecule has 0 bridgehead atoms. The number of carbonyl (C=O) groups excluding carboxylic acids is 2. The van der Waals surface area contributed by atoms with Gasteiger partial charge in [0, 0.05) is 17.9 Å². The molecule has 0 spiro atoms. The number of esters is 2. The van der Waals surface area contributed by atoms with Crippen molar-refractivity contribution in [2.75, 3.05) is 20.3 Å². The number of ether oxygens (including phenoxy) is 5. The predicted molar refractivity (Wildman–Crippen MR) is 126 cm³/mol. The Labute approximate surface area is 218 Å². The van der Waals surface area contributed by atoms with Crippen LogP contribution in [0.25, 0.3) is 0 Å². The molecule has 1 fully saturated rings. The molecular weight excluding hydrogens is 508 g/mol. The lowest BCUT2D eigenvalue weighted by molar-refractivity contribution is -0.327. The lowest BCUT2D eigenvalue weighted by Crippen LogP contribution is -2.60. The summed E-state index contributed by atoms with van der Waals surface area (Å²) in [5, 5.41) is 58.8. The van der Waals surface area contributed by atoms with E-state index in [2.05, 4.69) is 0 Å². The molecular formula is C25H32O13. The van der Waals surface area contributed by atoms with E-state index in [9.17, 15) is 40.2 Å². The summed E-state index contributed by atoms with van der Waals surface area (Å²) in [6.07, 6.45) is -6.39. The van der Waals surface area contributed by atoms with Gasteiger partial charge in [0.2, 0.25) is 6.29 Å². The second-order valence-electron chi connectivity index (χ2n) is 8.71. The molecule has 7 atom stereocenters. The van der Waals surface area contributed by atoms with E-state index in [1.807, 2.05) is 0 Å². The van der Waals surface area contributed by atoms with Crippen molar-refractivity contribution >= 4 is 11.9 Å². The normalized spacial score (nSPS) is 30.3. The van der Waals surface area contributed by atoms with Gasteiger partial charge < -0.3 is 54.3 Å². The van der Waals surface area contributed by atoms with E-state index in [-0.39, 0.29) is 36.5 Å². The summed E-state index contributed by atoms with van der Waals surface area (Å²) in [5.74, 6) is -2.89. The van der Waals surface area contributed by atoms with Crippen molar-refractivity contribution in [1.29, 1.82) is 0 Å². The molecule has 3 rings (SSSR count). The average molecular weight is 541 g/mol. The number of allylic oxidation sites excluding steroid dienone is 1. The summed E-state index contributed by atoms with van der Waals surface area (Å²) >= 11 is 0. The Morgan fingerprint density at radius 3 is 2.45 bits per heavy atom. The maximum atomic E-state index is 12.7. The highest BCUT2D eigenvalue weighted by Gasteiger charge is 2.46. The lowest BCUT2D eigenvalue weighted by atomic mass is 9.86. The predicted octanol–water partition coefficient (Wildman–Crippen LogP) is -0.634. The number of benzene rings is 1. The third-order valence-corrected chi connectivity index (χ3v) is 6.29. The highest BCUT2D eigenvalue weighted by molar-refractivity contribution is 5.90. The first-order valence-electron chi connectivity index (χ1n) is 11.8. The molecule has 0 aromatic heterocycles. The topological polar surface area (TPSA) is 202 Å². The summed E-state index contributed by atoms with van der Waals surface area (Å²) in [4.78, 5) is 25.1. The fraction of sp³-hybridized carbons (Fsp3) is 0.520. The van der Waals surface area contributed by atoms with Gasteiger partial charge in [-0.25, -0.2) is 4.79 Å². The maximum absolute atomic E-state index is 12.7. The van der Waals surface area contributed by atoms with Gasteiger partial charge in [0.05, 0.1) is 38.6 Å². The first-order valence-corrected chi connectivity index (χ1v) is 11.8. The van der Waals surface area contributed by atoms with Crippen LogP contribution in [0.3, 0.4) is 0 Å². The molecule has 38 heavy (non-hydrogen) atoms. The Kier molecular flexibility index (Phi) is 10.1. The Balaban J connectivity index is 1.71. The number of aliphatic hydroxyl groups is 4. The van der Waals surface area contributed by atoms with Gasteiger partial charge in [0.15, 0.2) is 17.8 Å². The van der Waals surface area contributed by atoms with E-state index in [1.54, 1.807) is 19.1 Å². The number of aliphatic hydroxyl groups excluding tert-OH is 4. The number of methoxy groups -OCH3 is 1. The van der Waals surface area contributed by atoms with Gasteiger partial charge >= 0.3 is 11.9 Å². The third-order valence-electron chi connectivity index (χ3n) is 6.29. The molecule has 2 aliphatic rings. The maximum Gasteiger partial charge on any atom is 0.337 e. The molecule has 0 aliphatic carbocycles. The van der Waals surface area contributed by atoms with E-state index in [0.29, 0.717) is 11.1 Å². The van der Waals surface area contributed by atoms with Crippen LogP contribution < -0.4 is 0 Å². The summed E-state index contributed by atoms with van der Waals surface area (Å²) in [5.41, 5.74) is 0.927. The zero-order valence-electron chi connectivity index (χ0n) is 20.8. The van der Waals surface area contributed by atoms with E-state index in [0.717, 1.165) is 13.4 Å². The molecule has 13 heteroatoms. The van der Waals surface area contributed by atoms with Crippen LogP contribution >= 0.6 is 0 Å². The smallest absolute Gasteiger partial charge is 0.337 e. The van der Waals surface area contributed by atoms with Crippen LogP contribution in [0, 0.1) is 5.92 Å². The van der Waals surface area contributed by atoms with Crippen LogP contribution in [0.4, 0.5) is 0 Å². The molecule has 0 amide bonds. The van der Waals surface area contributed by atoms with Crippen molar-refractivity contribution in [1.82, 2.24) is 0 Å². The Bertz CT molecular complexity index is 1050. The second kappa shape index (κ2) is 13.0. The highest BCUT2D eigenvalue weighted by atomic mass is 16.8. The molecule has 0 saturated carbocycles. The van der Waals surface area contributed by atoms with Gasteiger partial charge in [0.25, 0.3) is 0 Å². The molecule has 0 unspecified atom stereocenters. The first-order chi connectivity index (χ1) is 18.1. The Morgan fingerprint density at radius 2 is 1.82 bits per heavy atom. The molecule has 6 N–H and O–H groups in total. The van der Waals surface area contributed by atoms with Gasteiger partial charge in [0.1, 0.15) is 24.4 Å². The van der Waals surface area contributed by atoms with Crippen molar-refractivity contribution < 1.29 is 63.9 Å². The molecule has 1 saturated heterocycles. The van der Waals surface area contributed by atoms with Crippen molar-refractivity contribution in [2.45, 2.75) is 56.8 Å². The zero-order chi connectivity index (χ0) is 28.0. The number of hydrogen-bond donors (Lipinski definition) is 6. The molecule has 210 valence electrons. The van der Waals surface area contributed by atoms with Crippen molar-refractivity contribution in [2.24, 2.45) is 5.92 Å². The van der Waals surface area contributed by atoms with E-state index in [1.165, 1.54) is 12.1 Å². The fourth-order valence-corrected chi connectivity index (χ4v) is 4.16. The minimum Gasteiger partial charge on any atom is -0.504 e. The SMILES string of the molecule is C/C=C1\[C@H](O[C@H]2O[C@H](CO)[C@@H](O)[C@H](O)[C@H]2O)OC=C(C(=O)OC)[C@H]1CC(=O)OCCc1ccc(O)c(O)c1. The summed E-state index contributed by atoms with van der Waals surface area (Å²) in [6.45, 7) is 0.912. The van der Waals surface area contributed by atoms with Crippen LogP contribution in [-0.4, -0.2) is 99.9 Å². The van der Waals surface area contributed by atoms with Gasteiger partial charge in [-0.15, -0.1) is 0 Å². The molecule has 1 aromatic carbocycles. The lowest BCUT2D eigenvalue weighted by Gasteiger charge is -2.41. The minimum absolute atomic E-state index is 0.00894. The number of phenolic OH excluding ortho intramolecular Hbond substituents is 2. The Hall–Kier alpha value is -3.20. The fourth-order valence-electron chi connectivity index (χ4n) is 4.16. The molecule has 1 aromatic rings. The number of phenols is 2. The number of carbonyl (C=O) groups is 2. The van der Waals surface area contributed by atoms with Gasteiger partial charge in [-0.2, -0.15) is 0 Å². The van der Waals surface area contributed by atoms with E-state index >= 15 is 0 Å². The first kappa shape index (κ1) is 29.4. The van der Waals surface area contributed by atoms with E-state index < -0.39 is 61.5 Å². The zero-order valence-corrected chi connectivity index (χ0v) is 20.8. The van der Waals surface area contributed by atoms with E-state index in [4.69, 9.17) is 23.7 Å². The number of aromatic hydroxyl groups is 2. The molecule has 2 heterocycles. The largest absolute Gasteiger partial charge is 0.504 e. The van der Waals surface area contributed by atoms with Crippen LogP contribution in [0.1, 0.15) is 18.9 Å². The summed E-state index contributed by atoms with van der Waals surface area (Å²) < 4.78 is 26.7. The van der Waals surface area contributed by atoms with Crippen molar-refractivity contribution in [3.8, 4) is 11.5 Å². The third kappa shape index (κ3) is 6.62. The Morgan fingerprint density at radius 1 is 1.08 bits per heavy atom. The standard InChI is InChI=1S/C25H32O13/c1-3-13-14(9-19(29)35-7-6-12-4-5-16(27)17(28)8-12)15(23(33)34-2)11-36-24(13)38-25-22(32)21(31)20(30)18(10-26)37-25/h3-5,8,11,14,18,20-22,24-28,30-32H,6-7,9-10H2,1-2H3/b13-3-/t14-,18+,20+,21-,22+,24-,25+/m0/s1. The van der Waals surface area contributed by atoms with Crippen LogP contribution in [-0.2, 0) is 39.7 Å². The molecule has 13 nitrogen and oxygen atoms in total. The number of rotatable bonds is 9. The summed E-state index contributed by atoms with van der Waals surface area (Å²) in [7, 11) is 1.16. The minimum atomic E-state index is -1.69.